The number of hydrogen-bond donors (Lipinski definition) is 1. The summed E-state index contributed by atoms with van der Waals surface area (Å²) in [5.74, 6) is 1.19. The first-order valence-electron chi connectivity index (χ1n) is 6.50. The predicted molar refractivity (Wildman–Crippen MR) is 77.4 cm³/mol. The normalized spacial score (nSPS) is 11.8. The molecule has 0 aliphatic carbocycles. The third-order valence-electron chi connectivity index (χ3n) is 3.25. The fourth-order valence-corrected chi connectivity index (χ4v) is 2.52. The van der Waals surface area contributed by atoms with Gasteiger partial charge >= 0.3 is 0 Å². The number of hydrogen-bond acceptors (Lipinski definition) is 4. The summed E-state index contributed by atoms with van der Waals surface area (Å²) in [7, 11) is 0. The number of aryl methyl sites for hydroxylation is 1. The molecule has 0 atom stereocenters. The van der Waals surface area contributed by atoms with E-state index in [1.165, 1.54) is 0 Å². The number of aromatic nitrogens is 2. The molecule has 0 aromatic carbocycles. The van der Waals surface area contributed by atoms with Crippen molar-refractivity contribution < 1.29 is 4.74 Å². The summed E-state index contributed by atoms with van der Waals surface area (Å²) in [6, 6.07) is 0. The number of nitrogens with zero attached hydrogens (tertiary/aromatic N) is 2. The lowest BCUT2D eigenvalue weighted by atomic mass is 9.95. The molecule has 0 bridgehead atoms. The van der Waals surface area contributed by atoms with Gasteiger partial charge in [0.2, 0.25) is 0 Å². The van der Waals surface area contributed by atoms with Gasteiger partial charge in [-0.2, -0.15) is 0 Å². The molecule has 18 heavy (non-hydrogen) atoms. The highest BCUT2D eigenvalue weighted by Gasteiger charge is 2.33. The van der Waals surface area contributed by atoms with Crippen LogP contribution in [0.1, 0.15) is 52.1 Å². The molecule has 1 heterocycles. The van der Waals surface area contributed by atoms with Crippen molar-refractivity contribution >= 4 is 21.7 Å². The molecule has 0 spiro atoms. The quantitative estimate of drug-likeness (QED) is 0.873. The fraction of sp³-hybridized carbons (Fsp3) is 0.692. The minimum absolute atomic E-state index is 0.423. The van der Waals surface area contributed by atoms with Gasteiger partial charge in [0, 0.05) is 6.61 Å². The van der Waals surface area contributed by atoms with E-state index in [1.54, 1.807) is 0 Å². The smallest absolute Gasteiger partial charge is 0.162 e. The number of halogens is 1. The highest BCUT2D eigenvalue weighted by Crippen LogP contribution is 2.33. The molecule has 0 unspecified atom stereocenters. The van der Waals surface area contributed by atoms with E-state index in [0.717, 1.165) is 29.4 Å². The summed E-state index contributed by atoms with van der Waals surface area (Å²) >= 11 is 3.43. The second-order valence-corrected chi connectivity index (χ2v) is 4.97. The Kier molecular flexibility index (Phi) is 5.53. The standard InChI is InChI=1S/C13H22BrN3O/c1-5-9-10(14)11(15)17-12(16-9)13(6-2,7-3)18-8-4/h5-8H2,1-4H3,(H2,15,16,17). The van der Waals surface area contributed by atoms with Crippen LogP contribution < -0.4 is 5.73 Å². The third kappa shape index (κ3) is 2.83. The monoisotopic (exact) mass is 315 g/mol. The van der Waals surface area contributed by atoms with E-state index in [4.69, 9.17) is 10.5 Å². The zero-order valence-corrected chi connectivity index (χ0v) is 13.2. The van der Waals surface area contributed by atoms with Gasteiger partial charge in [0.1, 0.15) is 11.4 Å². The Balaban J connectivity index is 3.32. The molecule has 0 amide bonds. The topological polar surface area (TPSA) is 61.0 Å². The van der Waals surface area contributed by atoms with Crippen LogP contribution in [0.25, 0.3) is 0 Å². The Morgan fingerprint density at radius 1 is 1.17 bits per heavy atom. The zero-order valence-electron chi connectivity index (χ0n) is 11.6. The van der Waals surface area contributed by atoms with Gasteiger partial charge in [-0.25, -0.2) is 9.97 Å². The number of rotatable bonds is 6. The first kappa shape index (κ1) is 15.4. The molecule has 4 nitrogen and oxygen atoms in total. The molecule has 0 fully saturated rings. The van der Waals surface area contributed by atoms with E-state index in [9.17, 15) is 0 Å². The van der Waals surface area contributed by atoms with Crippen molar-refractivity contribution in [3.05, 3.63) is 16.0 Å². The number of ether oxygens (including phenoxy) is 1. The molecule has 5 heteroatoms. The zero-order chi connectivity index (χ0) is 13.8. The molecule has 1 rings (SSSR count). The maximum absolute atomic E-state index is 5.95. The predicted octanol–water partition coefficient (Wildman–Crippen LogP) is 3.44. The molecule has 1 aromatic rings. The summed E-state index contributed by atoms with van der Waals surface area (Å²) in [6.45, 7) is 8.86. The highest BCUT2D eigenvalue weighted by atomic mass is 79.9. The van der Waals surface area contributed by atoms with E-state index in [1.807, 2.05) is 6.92 Å². The second kappa shape index (κ2) is 6.48. The van der Waals surface area contributed by atoms with E-state index in [2.05, 4.69) is 46.7 Å². The number of nitrogens with two attached hydrogens (primary N) is 1. The van der Waals surface area contributed by atoms with Gasteiger partial charge in [-0.1, -0.05) is 20.8 Å². The van der Waals surface area contributed by atoms with E-state index < -0.39 is 5.60 Å². The van der Waals surface area contributed by atoms with Crippen LogP contribution in [0.3, 0.4) is 0 Å². The van der Waals surface area contributed by atoms with Crippen molar-refractivity contribution in [3.63, 3.8) is 0 Å². The van der Waals surface area contributed by atoms with Crippen LogP contribution >= 0.6 is 15.9 Å². The van der Waals surface area contributed by atoms with Crippen LogP contribution in [0, 0.1) is 0 Å². The molecular formula is C13H22BrN3O. The van der Waals surface area contributed by atoms with Crippen molar-refractivity contribution in [2.24, 2.45) is 0 Å². The lowest BCUT2D eigenvalue weighted by molar-refractivity contribution is -0.0572. The van der Waals surface area contributed by atoms with Crippen LogP contribution in [0.4, 0.5) is 5.82 Å². The minimum atomic E-state index is -0.423. The van der Waals surface area contributed by atoms with Crippen LogP contribution in [0.5, 0.6) is 0 Å². The van der Waals surface area contributed by atoms with Crippen molar-refractivity contribution in [1.29, 1.82) is 0 Å². The maximum Gasteiger partial charge on any atom is 0.162 e. The van der Waals surface area contributed by atoms with Crippen LogP contribution in [-0.2, 0) is 16.8 Å². The van der Waals surface area contributed by atoms with Crippen molar-refractivity contribution in [2.75, 3.05) is 12.3 Å². The van der Waals surface area contributed by atoms with Crippen molar-refractivity contribution in [1.82, 2.24) is 9.97 Å². The first-order valence-corrected chi connectivity index (χ1v) is 7.30. The lowest BCUT2D eigenvalue weighted by Gasteiger charge is -2.30. The van der Waals surface area contributed by atoms with Gasteiger partial charge in [0.25, 0.3) is 0 Å². The molecule has 0 aliphatic rings. The van der Waals surface area contributed by atoms with Gasteiger partial charge < -0.3 is 10.5 Å². The highest BCUT2D eigenvalue weighted by molar-refractivity contribution is 9.10. The summed E-state index contributed by atoms with van der Waals surface area (Å²) < 4.78 is 6.71. The Hall–Kier alpha value is -0.680. The summed E-state index contributed by atoms with van der Waals surface area (Å²) in [4.78, 5) is 9.03. The van der Waals surface area contributed by atoms with E-state index in [0.29, 0.717) is 18.2 Å². The van der Waals surface area contributed by atoms with Gasteiger partial charge in [-0.05, 0) is 42.1 Å². The molecule has 1 aromatic heterocycles. The second-order valence-electron chi connectivity index (χ2n) is 4.18. The summed E-state index contributed by atoms with van der Waals surface area (Å²) in [6.07, 6.45) is 2.49. The summed E-state index contributed by atoms with van der Waals surface area (Å²) in [5, 5.41) is 0. The lowest BCUT2D eigenvalue weighted by Crippen LogP contribution is -2.31. The SMILES string of the molecule is CCOC(CC)(CC)c1nc(N)c(Br)c(CC)n1. The minimum Gasteiger partial charge on any atom is -0.383 e. The summed E-state index contributed by atoms with van der Waals surface area (Å²) in [5.41, 5.74) is 6.46. The Morgan fingerprint density at radius 2 is 1.78 bits per heavy atom. The Labute approximate surface area is 117 Å². The molecule has 0 aliphatic heterocycles. The largest absolute Gasteiger partial charge is 0.383 e. The molecule has 0 saturated heterocycles. The molecule has 0 saturated carbocycles. The molecule has 2 N–H and O–H groups in total. The van der Waals surface area contributed by atoms with Crippen LogP contribution in [-0.4, -0.2) is 16.6 Å². The van der Waals surface area contributed by atoms with Gasteiger partial charge in [0.05, 0.1) is 10.2 Å². The van der Waals surface area contributed by atoms with Gasteiger partial charge in [-0.3, -0.25) is 0 Å². The first-order chi connectivity index (χ1) is 8.54. The van der Waals surface area contributed by atoms with Gasteiger partial charge in [-0.15, -0.1) is 0 Å². The van der Waals surface area contributed by atoms with E-state index in [-0.39, 0.29) is 0 Å². The fourth-order valence-electron chi connectivity index (χ4n) is 2.06. The molecular weight excluding hydrogens is 294 g/mol. The van der Waals surface area contributed by atoms with Crippen molar-refractivity contribution in [2.45, 2.75) is 52.6 Å². The number of nitrogen functional groups attached to an aromatic ring is 1. The van der Waals surface area contributed by atoms with Crippen LogP contribution in [0.2, 0.25) is 0 Å². The number of anilines is 1. The van der Waals surface area contributed by atoms with Gasteiger partial charge in [0.15, 0.2) is 5.82 Å². The Morgan fingerprint density at radius 3 is 2.22 bits per heavy atom. The third-order valence-corrected chi connectivity index (χ3v) is 4.11. The average Bonchev–Trinajstić information content (AvgIpc) is 2.39. The molecule has 0 radical (unpaired) electrons. The molecule has 102 valence electrons. The average molecular weight is 316 g/mol. The van der Waals surface area contributed by atoms with E-state index >= 15 is 0 Å². The Bertz CT molecular complexity index is 405. The maximum atomic E-state index is 5.95. The van der Waals surface area contributed by atoms with Crippen molar-refractivity contribution in [3.8, 4) is 0 Å². The van der Waals surface area contributed by atoms with Crippen LogP contribution in [0.15, 0.2) is 4.47 Å².